The lowest BCUT2D eigenvalue weighted by Gasteiger charge is -2.16. The maximum Gasteiger partial charge on any atom is 0.0314 e. The van der Waals surface area contributed by atoms with Crippen LogP contribution in [0.25, 0.3) is 50.6 Å². The normalized spacial score (nSPS) is 13.1. The van der Waals surface area contributed by atoms with E-state index in [9.17, 15) is 0 Å². The Morgan fingerprint density at radius 2 is 0.784 bits per heavy atom. The van der Waals surface area contributed by atoms with Gasteiger partial charge in [-0.25, -0.2) is 0 Å². The van der Waals surface area contributed by atoms with Crippen molar-refractivity contribution in [2.45, 2.75) is 140 Å². The largest absolute Gasteiger partial charge is 0.399 e. The van der Waals surface area contributed by atoms with E-state index in [1.807, 2.05) is 30.3 Å². The van der Waals surface area contributed by atoms with E-state index in [0.29, 0.717) is 5.92 Å². The van der Waals surface area contributed by atoms with E-state index in [0.717, 1.165) is 12.1 Å². The van der Waals surface area contributed by atoms with Gasteiger partial charge in [-0.1, -0.05) is 273 Å². The minimum absolute atomic E-state index is 0.584. The molecule has 0 saturated carbocycles. The van der Waals surface area contributed by atoms with Gasteiger partial charge in [0.2, 0.25) is 0 Å². The lowest BCUT2D eigenvalue weighted by molar-refractivity contribution is 0.683. The van der Waals surface area contributed by atoms with Crippen molar-refractivity contribution in [3.63, 3.8) is 0 Å². The van der Waals surface area contributed by atoms with Crippen LogP contribution in [0.3, 0.4) is 0 Å². The van der Waals surface area contributed by atoms with Gasteiger partial charge in [-0.05, 0) is 168 Å². The van der Waals surface area contributed by atoms with Crippen molar-refractivity contribution < 1.29 is 0 Å². The fraction of sp³-hybridized carbons (Fsp3) is 0.288. The van der Waals surface area contributed by atoms with E-state index in [1.54, 1.807) is 11.1 Å². The average molecular weight is 981 g/mol. The van der Waals surface area contributed by atoms with Crippen molar-refractivity contribution >= 4 is 34.1 Å². The molecule has 0 bridgehead atoms. The second kappa shape index (κ2) is 33.7. The average Bonchev–Trinajstić information content (AvgIpc) is 3.46. The van der Waals surface area contributed by atoms with Gasteiger partial charge in [-0.2, -0.15) is 0 Å². The third-order valence-electron chi connectivity index (χ3n) is 13.8. The number of allylic oxidation sites excluding steroid dienone is 9. The Labute approximate surface area is 450 Å². The number of hydrogen-bond donors (Lipinski definition) is 1. The Morgan fingerprint density at radius 3 is 1.23 bits per heavy atom. The maximum atomic E-state index is 5.69. The summed E-state index contributed by atoms with van der Waals surface area (Å²) in [5, 5.41) is 0. The smallest absolute Gasteiger partial charge is 0.0314 e. The number of nitrogens with two attached hydrogens (primary N) is 1. The molecule has 1 aliphatic carbocycles. The van der Waals surface area contributed by atoms with E-state index in [1.165, 1.54) is 129 Å². The lowest BCUT2D eigenvalue weighted by Crippen LogP contribution is -1.95. The van der Waals surface area contributed by atoms with Gasteiger partial charge in [0.05, 0.1) is 0 Å². The molecule has 0 saturated heterocycles. The van der Waals surface area contributed by atoms with E-state index in [-0.39, 0.29) is 0 Å². The summed E-state index contributed by atoms with van der Waals surface area (Å²) in [6.07, 6.45) is 20.7. The topological polar surface area (TPSA) is 26.0 Å². The lowest BCUT2D eigenvalue weighted by atomic mass is 9.90. The van der Waals surface area contributed by atoms with Gasteiger partial charge in [0.25, 0.3) is 0 Å². The number of rotatable bonds is 13. The molecule has 0 amide bonds. The van der Waals surface area contributed by atoms with Crippen LogP contribution in [-0.2, 0) is 0 Å². The summed E-state index contributed by atoms with van der Waals surface area (Å²) in [5.74, 6) is 0.584. The molecule has 1 unspecified atom stereocenters. The third-order valence-corrected chi connectivity index (χ3v) is 13.8. The number of benzene rings is 7. The van der Waals surface area contributed by atoms with Crippen LogP contribution in [0.1, 0.15) is 173 Å². The van der Waals surface area contributed by atoms with Crippen LogP contribution in [-0.4, -0.2) is 0 Å². The van der Waals surface area contributed by atoms with Gasteiger partial charge in [0.1, 0.15) is 0 Å². The maximum absolute atomic E-state index is 5.69. The molecular weight excluding hydrogens is 891 g/mol. The van der Waals surface area contributed by atoms with Crippen LogP contribution >= 0.6 is 0 Å². The zero-order chi connectivity index (χ0) is 53.5. The first-order valence-electron chi connectivity index (χ1n) is 27.6. The molecule has 1 atom stereocenters. The Morgan fingerprint density at radius 1 is 0.419 bits per heavy atom. The second-order valence-electron chi connectivity index (χ2n) is 19.7. The Balaban J connectivity index is 0.000000225. The number of anilines is 1. The number of hydrogen-bond acceptors (Lipinski definition) is 1. The summed E-state index contributed by atoms with van der Waals surface area (Å²) in [5.41, 5.74) is 27.7. The molecule has 0 spiro atoms. The highest BCUT2D eigenvalue weighted by Crippen LogP contribution is 2.30. The molecule has 0 aromatic heterocycles. The molecule has 7 aromatic carbocycles. The molecule has 1 aliphatic rings. The van der Waals surface area contributed by atoms with E-state index in [2.05, 4.69) is 258 Å². The van der Waals surface area contributed by atoms with Gasteiger partial charge in [0.15, 0.2) is 0 Å². The van der Waals surface area contributed by atoms with E-state index < -0.39 is 0 Å². The summed E-state index contributed by atoms with van der Waals surface area (Å²) in [7, 11) is 0. The molecule has 1 nitrogen and oxygen atoms in total. The van der Waals surface area contributed by atoms with Gasteiger partial charge >= 0.3 is 0 Å². The minimum Gasteiger partial charge on any atom is -0.399 e. The van der Waals surface area contributed by atoms with Crippen LogP contribution in [0.2, 0.25) is 0 Å². The molecule has 0 heterocycles. The van der Waals surface area contributed by atoms with Crippen molar-refractivity contribution in [1.82, 2.24) is 0 Å². The predicted octanol–water partition coefficient (Wildman–Crippen LogP) is 22.5. The minimum atomic E-state index is 0.584. The highest BCUT2D eigenvalue weighted by atomic mass is 14.5. The quantitative estimate of drug-likeness (QED) is 0.0695. The molecule has 2 N–H and O–H groups in total. The van der Waals surface area contributed by atoms with Gasteiger partial charge < -0.3 is 5.73 Å². The van der Waals surface area contributed by atoms with Gasteiger partial charge in [-0.3, -0.25) is 0 Å². The summed E-state index contributed by atoms with van der Waals surface area (Å²) in [6, 6.07) is 66.0. The van der Waals surface area contributed by atoms with Crippen LogP contribution in [0, 0.1) is 0 Å². The van der Waals surface area contributed by atoms with Crippen molar-refractivity contribution in [1.29, 1.82) is 0 Å². The third kappa shape index (κ3) is 20.5. The van der Waals surface area contributed by atoms with Crippen LogP contribution < -0.4 is 5.73 Å². The highest BCUT2D eigenvalue weighted by Gasteiger charge is 2.10. The fourth-order valence-corrected chi connectivity index (χ4v) is 8.25. The van der Waals surface area contributed by atoms with Crippen molar-refractivity contribution in [3.8, 4) is 22.3 Å². The van der Waals surface area contributed by atoms with Crippen LogP contribution in [0.5, 0.6) is 0 Å². The van der Waals surface area contributed by atoms with Crippen molar-refractivity contribution in [2.75, 3.05) is 5.73 Å². The Hall–Kier alpha value is -6.96. The van der Waals surface area contributed by atoms with E-state index >= 15 is 0 Å². The Kier molecular flexibility index (Phi) is 27.1. The molecule has 8 rings (SSSR count). The highest BCUT2D eigenvalue weighted by molar-refractivity contribution is 5.82. The molecule has 0 aliphatic heterocycles. The summed E-state index contributed by atoms with van der Waals surface area (Å²) < 4.78 is 0. The SMILES string of the molecule is C/C(=C\C=C(/C)c1ccc(N)cc1)c1ccccc1.CC1=C(/C=C(\C)c2ccc(-c3ccccc3)cc2)CCCC1.CCC(C)c1ccccc1/C=C(\C)c1ccc(-c2ccccc2)cc1.CCCC.CCCC. The van der Waals surface area contributed by atoms with Crippen molar-refractivity contribution in [2.24, 2.45) is 0 Å². The second-order valence-corrected chi connectivity index (χ2v) is 19.7. The summed E-state index contributed by atoms with van der Waals surface area (Å²) in [4.78, 5) is 0. The molecular formula is C73H89N. The van der Waals surface area contributed by atoms with Gasteiger partial charge in [0, 0.05) is 5.69 Å². The summed E-state index contributed by atoms with van der Waals surface area (Å²) >= 11 is 0. The molecule has 386 valence electrons. The predicted molar refractivity (Wildman–Crippen MR) is 333 cm³/mol. The molecule has 74 heavy (non-hydrogen) atoms. The first-order valence-corrected chi connectivity index (χ1v) is 27.6. The molecule has 7 aromatic rings. The van der Waals surface area contributed by atoms with Gasteiger partial charge in [-0.15, -0.1) is 0 Å². The first-order chi connectivity index (χ1) is 35.9. The van der Waals surface area contributed by atoms with Crippen molar-refractivity contribution in [3.05, 3.63) is 251 Å². The monoisotopic (exact) mass is 980 g/mol. The molecule has 0 radical (unpaired) electrons. The summed E-state index contributed by atoms with van der Waals surface area (Å²) in [6.45, 7) is 24.2. The van der Waals surface area contributed by atoms with Crippen LogP contribution in [0.4, 0.5) is 5.69 Å². The Bertz CT molecular complexity index is 2790. The standard InChI is InChI=1S/C25H26.C22H24.C18H19N.2C4H10/c1-4-19(2)25-13-9-8-12-24(25)18-20(3)21-14-16-23(17-15-21)22-10-6-5-7-11-22;1-17-8-6-7-11-22(17)16-18(2)19-12-14-21(15-13-19)20-9-4-3-5-10-20;1-14(16-6-4-3-5-7-16)8-9-15(2)17-10-12-18(19)13-11-17;2*1-3-4-2/h5-19H,4H2,1-3H3;3-5,9-10,12-16H,6-8,11H2,1-2H3;3-13H,19H2,1-2H3;2*3-4H2,1-2H3/b20-18+;18-16+;14-8+,15-9+;;. The van der Waals surface area contributed by atoms with E-state index in [4.69, 9.17) is 5.73 Å². The van der Waals surface area contributed by atoms with Crippen LogP contribution in [0.15, 0.2) is 217 Å². The number of unbranched alkanes of at least 4 members (excludes halogenated alkanes) is 2. The zero-order valence-corrected chi connectivity index (χ0v) is 47.2. The zero-order valence-electron chi connectivity index (χ0n) is 47.2. The molecule has 1 heteroatoms. The fourth-order valence-electron chi connectivity index (χ4n) is 8.25. The first kappa shape index (κ1) is 59.6. The number of nitrogen functional groups attached to an aromatic ring is 1. The molecule has 0 fully saturated rings.